The summed E-state index contributed by atoms with van der Waals surface area (Å²) in [5, 5.41) is 8.72. The van der Waals surface area contributed by atoms with Gasteiger partial charge in [-0.3, -0.25) is 0 Å². The summed E-state index contributed by atoms with van der Waals surface area (Å²) in [4.78, 5) is 18.0. The van der Waals surface area contributed by atoms with Crippen molar-refractivity contribution in [2.45, 2.75) is 20.0 Å². The highest BCUT2D eigenvalue weighted by molar-refractivity contribution is 5.89. The first kappa shape index (κ1) is 9.44. The molecule has 0 aliphatic carbocycles. The lowest BCUT2D eigenvalue weighted by molar-refractivity contribution is 0.0688. The number of hydrogen-bond donors (Lipinski definition) is 1. The first-order chi connectivity index (χ1) is 6.11. The molecule has 1 heterocycles. The molecule has 0 amide bonds. The molecule has 0 spiro atoms. The molecular weight excluding hydrogens is 172 g/mol. The number of rotatable bonds is 3. The Labute approximate surface area is 75.4 Å². The maximum absolute atomic E-state index is 10.6. The van der Waals surface area contributed by atoms with Crippen LogP contribution < -0.4 is 4.74 Å². The van der Waals surface area contributed by atoms with Crippen LogP contribution in [0.4, 0.5) is 0 Å². The van der Waals surface area contributed by atoms with E-state index in [0.29, 0.717) is 0 Å². The maximum Gasteiger partial charge on any atom is 0.342 e. The van der Waals surface area contributed by atoms with Crippen LogP contribution in [0.1, 0.15) is 24.2 Å². The molecule has 70 valence electrons. The van der Waals surface area contributed by atoms with Crippen molar-refractivity contribution in [3.63, 3.8) is 0 Å². The van der Waals surface area contributed by atoms with Gasteiger partial charge in [0, 0.05) is 6.20 Å². The number of aromatic carboxylic acids is 1. The molecule has 0 radical (unpaired) electrons. The number of ether oxygens (including phenoxy) is 1. The average Bonchev–Trinajstić information content (AvgIpc) is 2.03. The van der Waals surface area contributed by atoms with Gasteiger partial charge in [-0.25, -0.2) is 14.8 Å². The zero-order chi connectivity index (χ0) is 9.84. The summed E-state index contributed by atoms with van der Waals surface area (Å²) in [6.07, 6.45) is 2.37. The van der Waals surface area contributed by atoms with Gasteiger partial charge in [-0.15, -0.1) is 0 Å². The lowest BCUT2D eigenvalue weighted by Crippen LogP contribution is -2.11. The lowest BCUT2D eigenvalue weighted by atomic mass is 10.3. The van der Waals surface area contributed by atoms with E-state index in [2.05, 4.69) is 9.97 Å². The monoisotopic (exact) mass is 182 g/mol. The molecule has 0 saturated carbocycles. The number of carboxylic acids is 1. The van der Waals surface area contributed by atoms with E-state index >= 15 is 0 Å². The van der Waals surface area contributed by atoms with E-state index in [-0.39, 0.29) is 17.5 Å². The minimum atomic E-state index is -1.09. The molecule has 0 atom stereocenters. The molecule has 5 heteroatoms. The first-order valence-corrected chi connectivity index (χ1v) is 3.81. The van der Waals surface area contributed by atoms with Crippen molar-refractivity contribution in [1.82, 2.24) is 9.97 Å². The van der Waals surface area contributed by atoms with Crippen LogP contribution >= 0.6 is 0 Å². The van der Waals surface area contributed by atoms with Gasteiger partial charge in [0.25, 0.3) is 0 Å². The third-order valence-corrected chi connectivity index (χ3v) is 1.25. The van der Waals surface area contributed by atoms with Gasteiger partial charge in [0.1, 0.15) is 11.9 Å². The number of aromatic nitrogens is 2. The van der Waals surface area contributed by atoms with Gasteiger partial charge in [0.15, 0.2) is 0 Å². The number of carboxylic acid groups (broad SMARTS) is 1. The zero-order valence-electron chi connectivity index (χ0n) is 7.39. The Morgan fingerprint density at radius 3 is 2.85 bits per heavy atom. The highest BCUT2D eigenvalue weighted by Crippen LogP contribution is 2.13. The molecule has 0 aromatic carbocycles. The minimum Gasteiger partial charge on any atom is -0.477 e. The molecule has 0 bridgehead atoms. The van der Waals surface area contributed by atoms with Gasteiger partial charge < -0.3 is 9.84 Å². The Morgan fingerprint density at radius 1 is 1.62 bits per heavy atom. The van der Waals surface area contributed by atoms with Crippen LogP contribution in [0, 0.1) is 0 Å². The van der Waals surface area contributed by atoms with Crippen LogP contribution in [-0.4, -0.2) is 27.1 Å². The zero-order valence-corrected chi connectivity index (χ0v) is 7.39. The van der Waals surface area contributed by atoms with Gasteiger partial charge in [-0.2, -0.15) is 0 Å². The Bertz CT molecular complexity index is 312. The van der Waals surface area contributed by atoms with Crippen LogP contribution in [0.15, 0.2) is 12.5 Å². The second-order valence-corrected chi connectivity index (χ2v) is 2.71. The summed E-state index contributed by atoms with van der Waals surface area (Å²) < 4.78 is 5.17. The van der Waals surface area contributed by atoms with Crippen molar-refractivity contribution < 1.29 is 14.6 Å². The highest BCUT2D eigenvalue weighted by atomic mass is 16.5. The standard InChI is InChI=1S/C8H10N2O3/c1-5(2)13-7-6(8(11)12)3-9-4-10-7/h3-5H,1-2H3,(H,11,12). The third-order valence-electron chi connectivity index (χ3n) is 1.25. The number of nitrogens with zero attached hydrogens (tertiary/aromatic N) is 2. The molecule has 0 fully saturated rings. The molecule has 0 aliphatic rings. The minimum absolute atomic E-state index is 0.0174. The average molecular weight is 182 g/mol. The number of hydrogen-bond acceptors (Lipinski definition) is 4. The Morgan fingerprint density at radius 2 is 2.31 bits per heavy atom. The topological polar surface area (TPSA) is 72.3 Å². The van der Waals surface area contributed by atoms with Gasteiger partial charge in [0.05, 0.1) is 6.10 Å². The maximum atomic E-state index is 10.6. The largest absolute Gasteiger partial charge is 0.477 e. The first-order valence-electron chi connectivity index (χ1n) is 3.81. The van der Waals surface area contributed by atoms with Gasteiger partial charge in [0.2, 0.25) is 5.88 Å². The summed E-state index contributed by atoms with van der Waals surface area (Å²) in [6, 6.07) is 0. The van der Waals surface area contributed by atoms with E-state index in [0.717, 1.165) is 0 Å². The van der Waals surface area contributed by atoms with Crippen LogP contribution in [0.3, 0.4) is 0 Å². The molecule has 0 unspecified atom stereocenters. The molecular formula is C8H10N2O3. The van der Waals surface area contributed by atoms with Crippen LogP contribution in [0.5, 0.6) is 5.88 Å². The third kappa shape index (κ3) is 2.40. The predicted molar refractivity (Wildman–Crippen MR) is 44.8 cm³/mol. The molecule has 1 aromatic heterocycles. The second-order valence-electron chi connectivity index (χ2n) is 2.71. The molecule has 1 N–H and O–H groups in total. The quantitative estimate of drug-likeness (QED) is 0.753. The van der Waals surface area contributed by atoms with Gasteiger partial charge >= 0.3 is 5.97 Å². The molecule has 5 nitrogen and oxygen atoms in total. The van der Waals surface area contributed by atoms with E-state index in [1.165, 1.54) is 12.5 Å². The summed E-state index contributed by atoms with van der Waals surface area (Å²) in [7, 11) is 0. The van der Waals surface area contributed by atoms with Crippen LogP contribution in [0.2, 0.25) is 0 Å². The van der Waals surface area contributed by atoms with E-state index in [4.69, 9.17) is 9.84 Å². The molecule has 13 heavy (non-hydrogen) atoms. The predicted octanol–water partition coefficient (Wildman–Crippen LogP) is 0.962. The van der Waals surface area contributed by atoms with Crippen molar-refractivity contribution in [2.75, 3.05) is 0 Å². The van der Waals surface area contributed by atoms with Crippen molar-refractivity contribution in [3.05, 3.63) is 18.1 Å². The summed E-state index contributed by atoms with van der Waals surface area (Å²) in [5.41, 5.74) is -0.0174. The van der Waals surface area contributed by atoms with E-state index in [1.807, 2.05) is 0 Å². The fraction of sp³-hybridized carbons (Fsp3) is 0.375. The Balaban J connectivity index is 2.98. The Hall–Kier alpha value is -1.65. The summed E-state index contributed by atoms with van der Waals surface area (Å²) in [6.45, 7) is 3.60. The van der Waals surface area contributed by atoms with E-state index < -0.39 is 5.97 Å². The van der Waals surface area contributed by atoms with Gasteiger partial charge in [-0.05, 0) is 13.8 Å². The van der Waals surface area contributed by atoms with Crippen molar-refractivity contribution in [3.8, 4) is 5.88 Å². The van der Waals surface area contributed by atoms with Crippen molar-refractivity contribution in [1.29, 1.82) is 0 Å². The molecule has 0 saturated heterocycles. The highest BCUT2D eigenvalue weighted by Gasteiger charge is 2.13. The van der Waals surface area contributed by atoms with E-state index in [9.17, 15) is 4.79 Å². The van der Waals surface area contributed by atoms with Crippen molar-refractivity contribution >= 4 is 5.97 Å². The van der Waals surface area contributed by atoms with Gasteiger partial charge in [-0.1, -0.05) is 0 Å². The summed E-state index contributed by atoms with van der Waals surface area (Å²) in [5.74, 6) is -0.978. The normalized spacial score (nSPS) is 10.1. The van der Waals surface area contributed by atoms with Crippen molar-refractivity contribution in [2.24, 2.45) is 0 Å². The van der Waals surface area contributed by atoms with E-state index in [1.54, 1.807) is 13.8 Å². The SMILES string of the molecule is CC(C)Oc1ncncc1C(=O)O. The number of carbonyl (C=O) groups is 1. The molecule has 1 aromatic rings. The van der Waals surface area contributed by atoms with Crippen LogP contribution in [0.25, 0.3) is 0 Å². The fourth-order valence-electron chi connectivity index (χ4n) is 0.782. The molecule has 1 rings (SSSR count). The lowest BCUT2D eigenvalue weighted by Gasteiger charge is -2.09. The van der Waals surface area contributed by atoms with Crippen LogP contribution in [-0.2, 0) is 0 Å². The summed E-state index contributed by atoms with van der Waals surface area (Å²) >= 11 is 0. The smallest absolute Gasteiger partial charge is 0.342 e. The molecule has 0 aliphatic heterocycles. The Kier molecular flexibility index (Phi) is 2.79. The second kappa shape index (κ2) is 3.84. The fourth-order valence-corrected chi connectivity index (χ4v) is 0.782.